The molecule has 0 aromatic heterocycles. The Balaban J connectivity index is 1.85. The highest BCUT2D eigenvalue weighted by molar-refractivity contribution is 5.72. The van der Waals surface area contributed by atoms with Crippen molar-refractivity contribution in [2.24, 2.45) is 0 Å². The number of ether oxygens (including phenoxy) is 3. The molecule has 1 saturated carbocycles. The first-order valence-corrected chi connectivity index (χ1v) is 7.52. The third-order valence-corrected chi connectivity index (χ3v) is 3.76. The molecule has 0 N–H and O–H groups in total. The molecule has 0 unspecified atom stereocenters. The summed E-state index contributed by atoms with van der Waals surface area (Å²) in [6.07, 6.45) is 4.07. The zero-order valence-electron chi connectivity index (χ0n) is 12.8. The van der Waals surface area contributed by atoms with Crippen molar-refractivity contribution in [2.45, 2.75) is 44.3 Å². The quantitative estimate of drug-likeness (QED) is 0.756. The van der Waals surface area contributed by atoms with Gasteiger partial charge >= 0.3 is 5.97 Å². The molecule has 0 aliphatic heterocycles. The van der Waals surface area contributed by atoms with Crippen molar-refractivity contribution in [3.63, 3.8) is 0 Å². The molecule has 5 heteroatoms. The molecule has 22 heavy (non-hydrogen) atoms. The third-order valence-electron chi connectivity index (χ3n) is 3.76. The van der Waals surface area contributed by atoms with Gasteiger partial charge in [0, 0.05) is 13.5 Å². The normalized spacial score (nSPS) is 20.9. The number of esters is 1. The molecule has 2 atom stereocenters. The van der Waals surface area contributed by atoms with Crippen molar-refractivity contribution in [1.82, 2.24) is 0 Å². The van der Waals surface area contributed by atoms with Crippen LogP contribution in [0, 0.1) is 11.3 Å². The number of carbonyl (C=O) groups is 1. The lowest BCUT2D eigenvalue weighted by Gasteiger charge is -2.27. The van der Waals surface area contributed by atoms with Gasteiger partial charge in [-0.25, -0.2) is 0 Å². The molecule has 118 valence electrons. The minimum Gasteiger partial charge on any atom is -0.479 e. The van der Waals surface area contributed by atoms with Crippen LogP contribution in [0.4, 0.5) is 0 Å². The Hall–Kier alpha value is -2.06. The van der Waals surface area contributed by atoms with E-state index in [9.17, 15) is 4.79 Å². The summed E-state index contributed by atoms with van der Waals surface area (Å²) >= 11 is 0. The van der Waals surface area contributed by atoms with Crippen LogP contribution in [-0.4, -0.2) is 31.9 Å². The molecule has 0 bridgehead atoms. The van der Waals surface area contributed by atoms with Crippen LogP contribution in [0.5, 0.6) is 5.75 Å². The first-order chi connectivity index (χ1) is 10.7. The molecule has 1 aliphatic rings. The van der Waals surface area contributed by atoms with Crippen molar-refractivity contribution in [3.8, 4) is 11.8 Å². The number of nitriles is 1. The van der Waals surface area contributed by atoms with E-state index in [1.165, 1.54) is 0 Å². The van der Waals surface area contributed by atoms with Gasteiger partial charge in [0.05, 0.1) is 12.5 Å². The molecule has 1 aromatic carbocycles. The molecular weight excluding hydrogens is 282 g/mol. The molecule has 0 radical (unpaired) electrons. The van der Waals surface area contributed by atoms with Crippen LogP contribution in [0.3, 0.4) is 0 Å². The monoisotopic (exact) mass is 303 g/mol. The van der Waals surface area contributed by atoms with E-state index in [0.29, 0.717) is 5.75 Å². The van der Waals surface area contributed by atoms with Gasteiger partial charge in [-0.1, -0.05) is 12.1 Å². The van der Waals surface area contributed by atoms with E-state index in [2.05, 4.69) is 0 Å². The van der Waals surface area contributed by atoms with E-state index in [0.717, 1.165) is 31.2 Å². The van der Waals surface area contributed by atoms with Gasteiger partial charge in [-0.2, -0.15) is 5.26 Å². The Labute approximate surface area is 130 Å². The maximum atomic E-state index is 12.0. The second kappa shape index (κ2) is 8.40. The first-order valence-electron chi connectivity index (χ1n) is 7.52. The Morgan fingerprint density at radius 2 is 2.18 bits per heavy atom. The van der Waals surface area contributed by atoms with Crippen LogP contribution in [0.25, 0.3) is 0 Å². The Bertz CT molecular complexity index is 538. The molecule has 2 rings (SSSR count). The third kappa shape index (κ3) is 5.05. The van der Waals surface area contributed by atoms with Crippen molar-refractivity contribution in [3.05, 3.63) is 29.8 Å². The number of benzene rings is 1. The van der Waals surface area contributed by atoms with Crippen LogP contribution in [-0.2, 0) is 20.7 Å². The highest BCUT2D eigenvalue weighted by Gasteiger charge is 2.24. The Kier molecular flexibility index (Phi) is 6.23. The molecule has 0 amide bonds. The van der Waals surface area contributed by atoms with E-state index in [-0.39, 0.29) is 31.2 Å². The zero-order valence-corrected chi connectivity index (χ0v) is 12.8. The number of hydrogen-bond acceptors (Lipinski definition) is 5. The van der Waals surface area contributed by atoms with Gasteiger partial charge < -0.3 is 14.2 Å². The average Bonchev–Trinajstić information content (AvgIpc) is 2.53. The molecule has 0 saturated heterocycles. The minimum atomic E-state index is -0.237. The van der Waals surface area contributed by atoms with Gasteiger partial charge in [0.2, 0.25) is 0 Å². The highest BCUT2D eigenvalue weighted by Crippen LogP contribution is 2.23. The predicted octanol–water partition coefficient (Wildman–Crippen LogP) is 2.63. The van der Waals surface area contributed by atoms with Crippen molar-refractivity contribution >= 4 is 5.97 Å². The highest BCUT2D eigenvalue weighted by atomic mass is 16.5. The molecule has 0 heterocycles. The predicted molar refractivity (Wildman–Crippen MR) is 80.4 cm³/mol. The second-order valence-corrected chi connectivity index (χ2v) is 5.41. The summed E-state index contributed by atoms with van der Waals surface area (Å²) < 4.78 is 16.1. The van der Waals surface area contributed by atoms with Crippen LogP contribution in [0.2, 0.25) is 0 Å². The van der Waals surface area contributed by atoms with E-state index < -0.39 is 0 Å². The van der Waals surface area contributed by atoms with E-state index in [1.807, 2.05) is 12.1 Å². The summed E-state index contributed by atoms with van der Waals surface area (Å²) in [5.74, 6) is 0.350. The maximum Gasteiger partial charge on any atom is 0.310 e. The maximum absolute atomic E-state index is 12.0. The van der Waals surface area contributed by atoms with Gasteiger partial charge in [-0.15, -0.1) is 0 Å². The molecular formula is C17H21NO4. The number of methoxy groups -OCH3 is 1. The molecule has 1 aliphatic carbocycles. The standard InChI is InChI=1S/C17H21NO4/c1-20-14-5-3-7-16(12-14)22-17(19)11-13-4-2-6-15(10-13)21-9-8-18/h2,4,6,10,14,16H,3,5,7,9,11-12H2,1H3/t14-,16+/m0/s1. The van der Waals surface area contributed by atoms with E-state index >= 15 is 0 Å². The van der Waals surface area contributed by atoms with E-state index in [4.69, 9.17) is 19.5 Å². The Morgan fingerprint density at radius 3 is 2.95 bits per heavy atom. The Morgan fingerprint density at radius 1 is 1.36 bits per heavy atom. The summed E-state index contributed by atoms with van der Waals surface area (Å²) in [5, 5.41) is 8.51. The van der Waals surface area contributed by atoms with Gasteiger partial charge in [0.15, 0.2) is 6.61 Å². The van der Waals surface area contributed by atoms with Crippen molar-refractivity contribution in [2.75, 3.05) is 13.7 Å². The van der Waals surface area contributed by atoms with Crippen molar-refractivity contribution in [1.29, 1.82) is 5.26 Å². The lowest BCUT2D eigenvalue weighted by atomic mass is 9.95. The molecule has 0 spiro atoms. The van der Waals surface area contributed by atoms with Gasteiger partial charge in [-0.3, -0.25) is 4.79 Å². The van der Waals surface area contributed by atoms with Crippen LogP contribution < -0.4 is 4.74 Å². The summed E-state index contributed by atoms with van der Waals surface area (Å²) in [6.45, 7) is -0.00558. The number of carbonyl (C=O) groups excluding carboxylic acids is 1. The van der Waals surface area contributed by atoms with Gasteiger partial charge in [-0.05, 0) is 37.0 Å². The average molecular weight is 303 g/mol. The summed E-state index contributed by atoms with van der Waals surface area (Å²) in [5.41, 5.74) is 0.819. The fraction of sp³-hybridized carbons (Fsp3) is 0.529. The van der Waals surface area contributed by atoms with Crippen molar-refractivity contribution < 1.29 is 19.0 Å². The lowest BCUT2D eigenvalue weighted by molar-refractivity contribution is -0.151. The summed E-state index contributed by atoms with van der Waals surface area (Å²) in [4.78, 5) is 12.0. The smallest absolute Gasteiger partial charge is 0.310 e. The molecule has 1 fully saturated rings. The fourth-order valence-corrected chi connectivity index (χ4v) is 2.68. The second-order valence-electron chi connectivity index (χ2n) is 5.41. The molecule has 5 nitrogen and oxygen atoms in total. The van der Waals surface area contributed by atoms with E-state index in [1.54, 1.807) is 25.3 Å². The van der Waals surface area contributed by atoms with Crippen LogP contribution >= 0.6 is 0 Å². The molecule has 1 aromatic rings. The topological polar surface area (TPSA) is 68.6 Å². The lowest BCUT2D eigenvalue weighted by Crippen LogP contribution is -2.29. The first kappa shape index (κ1) is 16.3. The fourth-order valence-electron chi connectivity index (χ4n) is 2.68. The number of rotatable bonds is 6. The number of hydrogen-bond donors (Lipinski definition) is 0. The summed E-state index contributed by atoms with van der Waals surface area (Å²) in [7, 11) is 1.70. The number of nitrogens with zero attached hydrogens (tertiary/aromatic N) is 1. The van der Waals surface area contributed by atoms with Crippen LogP contribution in [0.1, 0.15) is 31.2 Å². The van der Waals surface area contributed by atoms with Gasteiger partial charge in [0.1, 0.15) is 17.9 Å². The van der Waals surface area contributed by atoms with Crippen LogP contribution in [0.15, 0.2) is 24.3 Å². The summed E-state index contributed by atoms with van der Waals surface area (Å²) in [6, 6.07) is 9.09. The zero-order chi connectivity index (χ0) is 15.8. The SMILES string of the molecule is CO[C@H]1CCC[C@@H](OC(=O)Cc2cccc(OCC#N)c2)C1. The van der Waals surface area contributed by atoms with Gasteiger partial charge in [0.25, 0.3) is 0 Å². The minimum absolute atomic E-state index is 0.00558. The largest absolute Gasteiger partial charge is 0.479 e.